The Kier molecular flexibility index (Phi) is 8.35. The van der Waals surface area contributed by atoms with Crippen LogP contribution in [0.1, 0.15) is 56.2 Å². The maximum atomic E-state index is 12.7. The first kappa shape index (κ1) is 26.8. The molecule has 0 saturated heterocycles. The molecule has 9 nitrogen and oxygen atoms in total. The number of benzene rings is 2. The Morgan fingerprint density at radius 2 is 1.66 bits per heavy atom. The van der Waals surface area contributed by atoms with Crippen molar-refractivity contribution >= 4 is 11.6 Å². The lowest BCUT2D eigenvalue weighted by Crippen LogP contribution is -2.14. The molecule has 0 saturated carbocycles. The third kappa shape index (κ3) is 6.94. The van der Waals surface area contributed by atoms with E-state index >= 15 is 0 Å². The average molecular weight is 518 g/mol. The van der Waals surface area contributed by atoms with Crippen molar-refractivity contribution in [1.29, 1.82) is 0 Å². The molecule has 0 radical (unpaired) electrons. The van der Waals surface area contributed by atoms with Crippen molar-refractivity contribution in [3.63, 3.8) is 0 Å². The molecule has 0 spiro atoms. The van der Waals surface area contributed by atoms with Crippen LogP contribution in [0.25, 0.3) is 0 Å². The predicted molar refractivity (Wildman–Crippen MR) is 146 cm³/mol. The van der Waals surface area contributed by atoms with Gasteiger partial charge in [0.2, 0.25) is 0 Å². The fourth-order valence-corrected chi connectivity index (χ4v) is 3.84. The highest BCUT2D eigenvalue weighted by Gasteiger charge is 2.14. The Balaban J connectivity index is 1.32. The molecule has 9 heteroatoms. The minimum absolute atomic E-state index is 0.0850. The van der Waals surface area contributed by atoms with Gasteiger partial charge in [0.05, 0.1) is 31.6 Å². The molecule has 0 aliphatic carbocycles. The summed E-state index contributed by atoms with van der Waals surface area (Å²) < 4.78 is 20.5. The van der Waals surface area contributed by atoms with Crippen LogP contribution in [0.15, 0.2) is 67.1 Å². The van der Waals surface area contributed by atoms with Gasteiger partial charge in [-0.1, -0.05) is 39.0 Å². The van der Waals surface area contributed by atoms with Crippen LogP contribution in [0.4, 0.5) is 5.69 Å². The minimum Gasteiger partial charge on any atom is -0.490 e. The summed E-state index contributed by atoms with van der Waals surface area (Å²) in [6.07, 6.45) is 5.09. The molecule has 38 heavy (non-hydrogen) atoms. The largest absolute Gasteiger partial charge is 0.490 e. The second-order valence-electron chi connectivity index (χ2n) is 9.82. The van der Waals surface area contributed by atoms with E-state index in [1.165, 1.54) is 5.56 Å². The van der Waals surface area contributed by atoms with E-state index in [4.69, 9.17) is 14.2 Å². The molecule has 4 rings (SSSR count). The van der Waals surface area contributed by atoms with Gasteiger partial charge in [0.1, 0.15) is 5.75 Å². The maximum absolute atomic E-state index is 12.7. The molecule has 2 aromatic heterocycles. The molecular formula is C29H35N5O4. The van der Waals surface area contributed by atoms with Crippen LogP contribution in [0.3, 0.4) is 0 Å². The van der Waals surface area contributed by atoms with E-state index in [9.17, 15) is 4.79 Å². The number of anilines is 1. The Morgan fingerprint density at radius 1 is 0.921 bits per heavy atom. The first-order valence-electron chi connectivity index (χ1n) is 12.7. The number of rotatable bonds is 11. The van der Waals surface area contributed by atoms with Crippen molar-refractivity contribution in [2.45, 2.75) is 53.3 Å². The van der Waals surface area contributed by atoms with Gasteiger partial charge in [0, 0.05) is 12.4 Å². The van der Waals surface area contributed by atoms with Gasteiger partial charge in [-0.25, -0.2) is 4.68 Å². The molecule has 1 N–H and O–H groups in total. The summed E-state index contributed by atoms with van der Waals surface area (Å²) in [6, 6.07) is 15.5. The second kappa shape index (κ2) is 11.9. The van der Waals surface area contributed by atoms with Crippen LogP contribution in [-0.2, 0) is 18.7 Å². The molecule has 1 amide bonds. The first-order valence-corrected chi connectivity index (χ1v) is 12.7. The lowest BCUT2D eigenvalue weighted by Gasteiger charge is -2.19. The van der Waals surface area contributed by atoms with E-state index in [1.807, 2.05) is 44.2 Å². The third-order valence-corrected chi connectivity index (χ3v) is 5.80. The quantitative estimate of drug-likeness (QED) is 0.282. The molecule has 0 bridgehead atoms. The van der Waals surface area contributed by atoms with Gasteiger partial charge >= 0.3 is 0 Å². The standard InChI is InChI=1S/C29H35N5O4/c1-6-36-26-13-8-21(16-27(26)37-7-2)18-34-19-23(17-30-34)31-28(35)25-14-15-33(32-25)20-38-24-11-9-22(10-12-24)29(3,4)5/h8-17,19H,6-7,18,20H2,1-5H3,(H,31,35). The number of amides is 1. The van der Waals surface area contributed by atoms with Crippen molar-refractivity contribution in [1.82, 2.24) is 19.6 Å². The molecule has 200 valence electrons. The second-order valence-corrected chi connectivity index (χ2v) is 9.82. The molecule has 2 aromatic carbocycles. The van der Waals surface area contributed by atoms with E-state index in [2.05, 4.69) is 48.4 Å². The molecule has 0 atom stereocenters. The van der Waals surface area contributed by atoms with Gasteiger partial charge in [-0.3, -0.25) is 9.48 Å². The van der Waals surface area contributed by atoms with E-state index in [1.54, 1.807) is 34.0 Å². The van der Waals surface area contributed by atoms with Crippen LogP contribution in [0, 0.1) is 0 Å². The Morgan fingerprint density at radius 3 is 2.37 bits per heavy atom. The number of ether oxygens (including phenoxy) is 3. The first-order chi connectivity index (χ1) is 18.2. The predicted octanol–water partition coefficient (Wildman–Crippen LogP) is 5.51. The summed E-state index contributed by atoms with van der Waals surface area (Å²) in [6.45, 7) is 12.2. The Bertz CT molecular complexity index is 1350. The smallest absolute Gasteiger partial charge is 0.276 e. The highest BCUT2D eigenvalue weighted by molar-refractivity contribution is 6.02. The fraction of sp³-hybridized carbons (Fsp3) is 0.345. The van der Waals surface area contributed by atoms with Gasteiger partial charge in [0.25, 0.3) is 5.91 Å². The Labute approximate surface area is 223 Å². The van der Waals surface area contributed by atoms with Gasteiger partial charge in [-0.05, 0) is 60.7 Å². The van der Waals surface area contributed by atoms with E-state index in [0.29, 0.717) is 31.2 Å². The van der Waals surface area contributed by atoms with E-state index in [-0.39, 0.29) is 23.7 Å². The number of carbonyl (C=O) groups is 1. The van der Waals surface area contributed by atoms with Crippen LogP contribution in [-0.4, -0.2) is 38.7 Å². The van der Waals surface area contributed by atoms with Crippen LogP contribution in [0.5, 0.6) is 17.2 Å². The summed E-state index contributed by atoms with van der Waals surface area (Å²) in [5, 5.41) is 11.5. The van der Waals surface area contributed by atoms with Gasteiger partial charge in [0.15, 0.2) is 23.9 Å². The lowest BCUT2D eigenvalue weighted by atomic mass is 9.87. The molecule has 2 heterocycles. The van der Waals surface area contributed by atoms with Gasteiger partial charge < -0.3 is 19.5 Å². The molecule has 4 aromatic rings. The number of carbonyl (C=O) groups excluding carboxylic acids is 1. The minimum atomic E-state index is -0.322. The van der Waals surface area contributed by atoms with Gasteiger partial charge in [-0.2, -0.15) is 10.2 Å². The number of hydrogen-bond acceptors (Lipinski definition) is 6. The third-order valence-electron chi connectivity index (χ3n) is 5.80. The van der Waals surface area contributed by atoms with Crippen LogP contribution >= 0.6 is 0 Å². The maximum Gasteiger partial charge on any atom is 0.276 e. The Hall–Kier alpha value is -4.27. The highest BCUT2D eigenvalue weighted by atomic mass is 16.5. The number of nitrogens with one attached hydrogen (secondary N) is 1. The van der Waals surface area contributed by atoms with Crippen molar-refractivity contribution in [3.05, 3.63) is 83.9 Å². The monoisotopic (exact) mass is 517 g/mol. The molecule has 0 aliphatic heterocycles. The molecular weight excluding hydrogens is 482 g/mol. The highest BCUT2D eigenvalue weighted by Crippen LogP contribution is 2.29. The van der Waals surface area contributed by atoms with Crippen molar-refractivity contribution in [2.75, 3.05) is 18.5 Å². The van der Waals surface area contributed by atoms with Crippen molar-refractivity contribution in [3.8, 4) is 17.2 Å². The zero-order valence-electron chi connectivity index (χ0n) is 22.6. The SMILES string of the molecule is CCOc1ccc(Cn2cc(NC(=O)c3ccn(COc4ccc(C(C)(C)C)cc4)n3)cn2)cc1OCC. The molecule has 0 unspecified atom stereocenters. The van der Waals surface area contributed by atoms with Crippen molar-refractivity contribution in [2.24, 2.45) is 0 Å². The normalized spacial score (nSPS) is 11.3. The number of aromatic nitrogens is 4. The summed E-state index contributed by atoms with van der Waals surface area (Å²) in [4.78, 5) is 12.7. The zero-order chi connectivity index (χ0) is 27.1. The molecule has 0 fully saturated rings. The molecule has 0 aliphatic rings. The average Bonchev–Trinajstić information content (AvgIpc) is 3.54. The fourth-order valence-electron chi connectivity index (χ4n) is 3.84. The van der Waals surface area contributed by atoms with E-state index < -0.39 is 0 Å². The summed E-state index contributed by atoms with van der Waals surface area (Å²) in [5.41, 5.74) is 3.19. The van der Waals surface area contributed by atoms with Crippen LogP contribution < -0.4 is 19.5 Å². The van der Waals surface area contributed by atoms with Crippen LogP contribution in [0.2, 0.25) is 0 Å². The summed E-state index contributed by atoms with van der Waals surface area (Å²) in [5.74, 6) is 1.84. The summed E-state index contributed by atoms with van der Waals surface area (Å²) >= 11 is 0. The van der Waals surface area contributed by atoms with Crippen molar-refractivity contribution < 1.29 is 19.0 Å². The topological polar surface area (TPSA) is 92.4 Å². The number of hydrogen-bond donors (Lipinski definition) is 1. The zero-order valence-corrected chi connectivity index (χ0v) is 22.6. The summed E-state index contributed by atoms with van der Waals surface area (Å²) in [7, 11) is 0. The number of nitrogens with zero attached hydrogens (tertiary/aromatic N) is 4. The van der Waals surface area contributed by atoms with E-state index in [0.717, 1.165) is 17.1 Å². The van der Waals surface area contributed by atoms with Gasteiger partial charge in [-0.15, -0.1) is 0 Å². The lowest BCUT2D eigenvalue weighted by molar-refractivity contribution is 0.102.